The minimum absolute atomic E-state index is 0.0883. The van der Waals surface area contributed by atoms with Crippen LogP contribution in [0.3, 0.4) is 0 Å². The van der Waals surface area contributed by atoms with Crippen LogP contribution in [0.1, 0.15) is 29.2 Å². The first kappa shape index (κ1) is 17.7. The van der Waals surface area contributed by atoms with Crippen LogP contribution < -0.4 is 16.0 Å². The second-order valence-electron chi connectivity index (χ2n) is 7.29. The van der Waals surface area contributed by atoms with Gasteiger partial charge in [-0.3, -0.25) is 0 Å². The zero-order chi connectivity index (χ0) is 19.1. The van der Waals surface area contributed by atoms with Gasteiger partial charge in [0.2, 0.25) is 0 Å². The Labute approximate surface area is 172 Å². The Morgan fingerprint density at radius 2 is 2.00 bits per heavy atom. The number of aryl methyl sites for hydroxylation is 1. The van der Waals surface area contributed by atoms with E-state index >= 15 is 0 Å². The largest absolute Gasteiger partial charge is 0.378 e. The molecule has 1 saturated heterocycles. The van der Waals surface area contributed by atoms with Crippen LogP contribution >= 0.6 is 15.9 Å². The number of hydrogen-bond acceptors (Lipinski definition) is 6. The number of rotatable bonds is 2. The Balaban J connectivity index is 1.50. The number of hydrogen-bond donors (Lipinski definition) is 2. The van der Waals surface area contributed by atoms with Crippen LogP contribution in [0.25, 0.3) is 5.70 Å². The van der Waals surface area contributed by atoms with Gasteiger partial charge in [-0.1, -0.05) is 28.1 Å². The van der Waals surface area contributed by atoms with E-state index in [4.69, 9.17) is 20.4 Å². The highest BCUT2D eigenvalue weighted by Gasteiger charge is 2.30. The topological polar surface area (TPSA) is 75.8 Å². The van der Waals surface area contributed by atoms with Crippen LogP contribution in [0.15, 0.2) is 51.6 Å². The van der Waals surface area contributed by atoms with Crippen LogP contribution in [-0.4, -0.2) is 37.2 Å². The van der Waals surface area contributed by atoms with E-state index in [2.05, 4.69) is 56.5 Å². The van der Waals surface area contributed by atoms with Crippen molar-refractivity contribution in [3.63, 3.8) is 0 Å². The highest BCUT2D eigenvalue weighted by atomic mass is 79.9. The molecule has 144 valence electrons. The number of nitrogens with two attached hydrogens (primary N) is 1. The van der Waals surface area contributed by atoms with Crippen LogP contribution in [-0.2, 0) is 11.2 Å². The molecule has 0 spiro atoms. The lowest BCUT2D eigenvalue weighted by molar-refractivity contribution is 0.122. The summed E-state index contributed by atoms with van der Waals surface area (Å²) >= 11 is 3.59. The lowest BCUT2D eigenvalue weighted by Gasteiger charge is -2.32. The van der Waals surface area contributed by atoms with Gasteiger partial charge in [0, 0.05) is 29.3 Å². The standard InChI is InChI=1S/C21H22BrN5O/c22-15-4-1-13-2-5-16-19(25-21(23)26-20(16)17(13)11-15)14-3-6-18(24-12-14)27-7-9-28-10-8-27/h1,3-4,6,11-12,19H,2,5,7-10H2,(H3,23,25,26). The third-order valence-corrected chi connectivity index (χ3v) is 6.09. The number of fused-ring (bicyclic) bond motifs is 2. The summed E-state index contributed by atoms with van der Waals surface area (Å²) in [6.45, 7) is 3.27. The van der Waals surface area contributed by atoms with Crippen molar-refractivity contribution in [2.75, 3.05) is 31.2 Å². The van der Waals surface area contributed by atoms with Crippen molar-refractivity contribution in [1.29, 1.82) is 0 Å². The van der Waals surface area contributed by atoms with Gasteiger partial charge in [0.25, 0.3) is 0 Å². The number of anilines is 1. The number of guanidine groups is 1. The summed E-state index contributed by atoms with van der Waals surface area (Å²) in [5.41, 5.74) is 12.2. The Kier molecular flexibility index (Phi) is 4.56. The predicted molar refractivity (Wildman–Crippen MR) is 114 cm³/mol. The molecule has 28 heavy (non-hydrogen) atoms. The number of nitrogens with one attached hydrogen (secondary N) is 1. The van der Waals surface area contributed by atoms with Gasteiger partial charge in [-0.15, -0.1) is 0 Å². The van der Waals surface area contributed by atoms with Crippen molar-refractivity contribution in [3.05, 3.63) is 63.3 Å². The zero-order valence-corrected chi connectivity index (χ0v) is 17.1. The molecule has 2 aromatic rings. The van der Waals surface area contributed by atoms with E-state index in [0.717, 1.165) is 60.7 Å². The summed E-state index contributed by atoms with van der Waals surface area (Å²) in [6.07, 6.45) is 3.91. The lowest BCUT2D eigenvalue weighted by atomic mass is 9.83. The molecule has 0 saturated carbocycles. The molecule has 5 rings (SSSR count). The van der Waals surface area contributed by atoms with Gasteiger partial charge in [0.15, 0.2) is 5.96 Å². The molecule has 0 bridgehead atoms. The van der Waals surface area contributed by atoms with E-state index in [1.54, 1.807) is 0 Å². The molecule has 0 amide bonds. The Morgan fingerprint density at radius 1 is 1.14 bits per heavy atom. The predicted octanol–water partition coefficient (Wildman–Crippen LogP) is 3.00. The van der Waals surface area contributed by atoms with Gasteiger partial charge in [0.05, 0.1) is 18.9 Å². The maximum absolute atomic E-state index is 6.16. The van der Waals surface area contributed by atoms with Crippen molar-refractivity contribution in [2.24, 2.45) is 10.7 Å². The minimum Gasteiger partial charge on any atom is -0.378 e. The molecule has 1 unspecified atom stereocenters. The smallest absolute Gasteiger partial charge is 0.194 e. The number of nitrogens with zero attached hydrogens (tertiary/aromatic N) is 3. The van der Waals surface area contributed by atoms with E-state index < -0.39 is 0 Å². The summed E-state index contributed by atoms with van der Waals surface area (Å²) in [5.74, 6) is 1.44. The first-order chi connectivity index (χ1) is 13.7. The van der Waals surface area contributed by atoms with E-state index in [9.17, 15) is 0 Å². The van der Waals surface area contributed by atoms with Crippen LogP contribution in [0.4, 0.5) is 5.82 Å². The van der Waals surface area contributed by atoms with Crippen molar-refractivity contribution in [2.45, 2.75) is 18.9 Å². The molecular weight excluding hydrogens is 418 g/mol. The van der Waals surface area contributed by atoms with Crippen LogP contribution in [0.2, 0.25) is 0 Å². The number of morpholine rings is 1. The highest BCUT2D eigenvalue weighted by Crippen LogP contribution is 2.41. The summed E-state index contributed by atoms with van der Waals surface area (Å²) < 4.78 is 6.50. The first-order valence-electron chi connectivity index (χ1n) is 9.60. The molecule has 0 radical (unpaired) electrons. The lowest BCUT2D eigenvalue weighted by Crippen LogP contribution is -2.37. The second-order valence-corrected chi connectivity index (χ2v) is 8.21. The third-order valence-electron chi connectivity index (χ3n) is 5.60. The number of benzene rings is 1. The molecule has 3 heterocycles. The van der Waals surface area contributed by atoms with Gasteiger partial charge in [-0.2, -0.15) is 0 Å². The first-order valence-corrected chi connectivity index (χ1v) is 10.4. The van der Waals surface area contributed by atoms with Crippen molar-refractivity contribution >= 4 is 33.4 Å². The zero-order valence-electron chi connectivity index (χ0n) is 15.5. The van der Waals surface area contributed by atoms with E-state index in [0.29, 0.717) is 5.96 Å². The van der Waals surface area contributed by atoms with Gasteiger partial charge < -0.3 is 20.7 Å². The Hall–Kier alpha value is -2.38. The molecule has 1 aliphatic carbocycles. The molecule has 1 aromatic carbocycles. The molecule has 1 aromatic heterocycles. The summed E-state index contributed by atoms with van der Waals surface area (Å²) in [5, 5.41) is 3.31. The summed E-state index contributed by atoms with van der Waals surface area (Å²) in [4.78, 5) is 11.7. The fraction of sp³-hybridized carbons (Fsp3) is 0.333. The van der Waals surface area contributed by atoms with Gasteiger partial charge in [-0.25, -0.2) is 9.98 Å². The second kappa shape index (κ2) is 7.22. The molecule has 3 N–H and O–H groups in total. The maximum Gasteiger partial charge on any atom is 0.194 e. The molecule has 2 aliphatic heterocycles. The maximum atomic E-state index is 6.16. The summed E-state index contributed by atoms with van der Waals surface area (Å²) in [6, 6.07) is 10.6. The molecular formula is C21H22BrN5O. The highest BCUT2D eigenvalue weighted by molar-refractivity contribution is 9.10. The van der Waals surface area contributed by atoms with E-state index in [1.165, 1.54) is 16.7 Å². The average Bonchev–Trinajstić information content (AvgIpc) is 2.74. The Bertz CT molecular complexity index is 963. The fourth-order valence-corrected chi connectivity index (χ4v) is 4.54. The van der Waals surface area contributed by atoms with Crippen LogP contribution in [0.5, 0.6) is 0 Å². The quantitative estimate of drug-likeness (QED) is 0.751. The van der Waals surface area contributed by atoms with Crippen LogP contribution in [0, 0.1) is 0 Å². The van der Waals surface area contributed by atoms with E-state index in [-0.39, 0.29) is 6.04 Å². The molecule has 3 aliphatic rings. The molecule has 1 fully saturated rings. The van der Waals surface area contributed by atoms with Gasteiger partial charge in [-0.05, 0) is 47.7 Å². The number of aliphatic imine (C=N–C) groups is 1. The fourth-order valence-electron chi connectivity index (χ4n) is 4.18. The van der Waals surface area contributed by atoms with Gasteiger partial charge >= 0.3 is 0 Å². The number of aromatic nitrogens is 1. The van der Waals surface area contributed by atoms with Crippen molar-refractivity contribution in [3.8, 4) is 0 Å². The number of halogens is 1. The third kappa shape index (κ3) is 3.18. The number of pyridine rings is 1. The van der Waals surface area contributed by atoms with Crippen molar-refractivity contribution in [1.82, 2.24) is 10.3 Å². The Morgan fingerprint density at radius 3 is 2.79 bits per heavy atom. The van der Waals surface area contributed by atoms with E-state index in [1.807, 2.05) is 6.20 Å². The normalized spacial score (nSPS) is 21.5. The molecule has 6 nitrogen and oxygen atoms in total. The monoisotopic (exact) mass is 439 g/mol. The SMILES string of the molecule is NC1=NC(c2ccc(N3CCOCC3)nc2)C2=C(N1)c1cc(Br)ccc1CC2. The summed E-state index contributed by atoms with van der Waals surface area (Å²) in [7, 11) is 0. The average molecular weight is 440 g/mol. The van der Waals surface area contributed by atoms with Crippen molar-refractivity contribution < 1.29 is 4.74 Å². The number of ether oxygens (including phenoxy) is 1. The minimum atomic E-state index is -0.0883. The van der Waals surface area contributed by atoms with Gasteiger partial charge in [0.1, 0.15) is 11.9 Å². The molecule has 7 heteroatoms. The molecule has 1 atom stereocenters.